The molecule has 0 aromatic carbocycles. The number of hydrogen-bond donors (Lipinski definition) is 1. The van der Waals surface area contributed by atoms with E-state index in [2.05, 4.69) is 0 Å². The molecular formula is CH4O3Pt. The van der Waals surface area contributed by atoms with E-state index in [1.807, 2.05) is 0 Å². The molecule has 0 rings (SSSR count). The number of hydrogen-bond acceptors (Lipinski definition) is 3. The van der Waals surface area contributed by atoms with Crippen LogP contribution in [0.3, 0.4) is 0 Å². The van der Waals surface area contributed by atoms with Gasteiger partial charge in [0.15, 0.2) is 0 Å². The topological polar surface area (TPSA) is 54.4 Å². The Bertz CT molecular complexity index is 27.9. The molecule has 0 aliphatic carbocycles. The summed E-state index contributed by atoms with van der Waals surface area (Å²) in [6, 6.07) is 0. The van der Waals surface area contributed by atoms with Gasteiger partial charge in [0.05, 0.1) is 0 Å². The Balaban J connectivity index is 0. The van der Waals surface area contributed by atoms with Crippen molar-refractivity contribution >= 4 is 0 Å². The molecule has 0 saturated heterocycles. The summed E-state index contributed by atoms with van der Waals surface area (Å²) in [6.07, 6.45) is 0. The van der Waals surface area contributed by atoms with E-state index in [4.69, 9.17) is 11.9 Å². The zero-order chi connectivity index (χ0) is 4.71. The molecule has 0 aliphatic heterocycles. The zero-order valence-electron chi connectivity index (χ0n) is 2.58. The summed E-state index contributed by atoms with van der Waals surface area (Å²) >= 11 is -1.92. The first-order valence-electron chi connectivity index (χ1n) is 0.705. The molecule has 0 heterocycles. The number of aliphatic hydroxyl groups excluding tert-OH is 1. The van der Waals surface area contributed by atoms with Crippen LogP contribution in [0.4, 0.5) is 0 Å². The minimum absolute atomic E-state index is 1.00. The number of aliphatic hydroxyl groups is 1. The molecule has 1 N–H and O–H groups in total. The first kappa shape index (κ1) is 8.98. The van der Waals surface area contributed by atoms with Gasteiger partial charge in [-0.1, -0.05) is 0 Å². The fraction of sp³-hybridized carbons (Fsp3) is 1.00. The Morgan fingerprint density at radius 2 is 1.40 bits per heavy atom. The molecule has 0 saturated carbocycles. The van der Waals surface area contributed by atoms with Gasteiger partial charge in [-0.2, -0.15) is 0 Å². The van der Waals surface area contributed by atoms with Crippen molar-refractivity contribution in [3.8, 4) is 0 Å². The molecule has 36 valence electrons. The fourth-order valence-electron chi connectivity index (χ4n) is 0. The van der Waals surface area contributed by atoms with Gasteiger partial charge in [0.1, 0.15) is 0 Å². The van der Waals surface area contributed by atoms with Crippen LogP contribution in [0.25, 0.3) is 0 Å². The van der Waals surface area contributed by atoms with Crippen LogP contribution >= 0.6 is 0 Å². The van der Waals surface area contributed by atoms with Gasteiger partial charge in [-0.15, -0.1) is 0 Å². The third-order valence-electron chi connectivity index (χ3n) is 0. The van der Waals surface area contributed by atoms with Crippen molar-refractivity contribution in [2.24, 2.45) is 0 Å². The van der Waals surface area contributed by atoms with E-state index in [0.29, 0.717) is 0 Å². The molecule has 0 unspecified atom stereocenters. The molecule has 3 nitrogen and oxygen atoms in total. The third kappa shape index (κ3) is 348. The predicted octanol–water partition coefficient (Wildman–Crippen LogP) is -0.632. The van der Waals surface area contributed by atoms with Crippen LogP contribution in [0.5, 0.6) is 0 Å². The number of rotatable bonds is 0. The molecule has 0 spiro atoms. The van der Waals surface area contributed by atoms with Crippen LogP contribution < -0.4 is 0 Å². The first-order valence-corrected chi connectivity index (χ1v) is 2.56. The van der Waals surface area contributed by atoms with Gasteiger partial charge in [0, 0.05) is 7.11 Å². The summed E-state index contributed by atoms with van der Waals surface area (Å²) in [5.41, 5.74) is 0. The Hall–Kier alpha value is 0.248. The Morgan fingerprint density at radius 3 is 1.40 bits per heavy atom. The molecule has 5 heavy (non-hydrogen) atoms. The second kappa shape index (κ2) is 28.8. The monoisotopic (exact) mass is 259 g/mol. The second-order valence-corrected chi connectivity index (χ2v) is 0.431. The van der Waals surface area contributed by atoms with Crippen LogP contribution in [-0.4, -0.2) is 12.2 Å². The van der Waals surface area contributed by atoms with Gasteiger partial charge in [-0.25, -0.2) is 0 Å². The first-order chi connectivity index (χ1) is 2.41. The Kier molecular flexibility index (Phi) is 51.6. The van der Waals surface area contributed by atoms with Gasteiger partial charge in [-0.05, 0) is 0 Å². The van der Waals surface area contributed by atoms with Crippen molar-refractivity contribution in [3.63, 3.8) is 0 Å². The SMILES string of the molecule is CO.[O]=[Pt]=[O]. The van der Waals surface area contributed by atoms with Crippen molar-refractivity contribution in [2.75, 3.05) is 7.11 Å². The van der Waals surface area contributed by atoms with Crippen molar-refractivity contribution in [1.29, 1.82) is 0 Å². The van der Waals surface area contributed by atoms with E-state index in [9.17, 15) is 0 Å². The van der Waals surface area contributed by atoms with Crippen LogP contribution in [0, 0.1) is 0 Å². The molecule has 0 fully saturated rings. The fourth-order valence-corrected chi connectivity index (χ4v) is 0. The molecule has 0 atom stereocenters. The van der Waals surface area contributed by atoms with E-state index in [0.717, 1.165) is 7.11 Å². The van der Waals surface area contributed by atoms with Crippen molar-refractivity contribution < 1.29 is 30.4 Å². The molecule has 0 bridgehead atoms. The Morgan fingerprint density at radius 1 is 1.40 bits per heavy atom. The molecular weight excluding hydrogens is 255 g/mol. The second-order valence-electron chi connectivity index (χ2n) is 0.0527. The molecule has 0 aromatic rings. The van der Waals surface area contributed by atoms with Crippen LogP contribution in [0.15, 0.2) is 0 Å². The molecule has 0 aliphatic rings. The van der Waals surface area contributed by atoms with Gasteiger partial charge < -0.3 is 5.11 Å². The quantitative estimate of drug-likeness (QED) is 0.630. The molecule has 4 heteroatoms. The van der Waals surface area contributed by atoms with Gasteiger partial charge in [0.2, 0.25) is 0 Å². The van der Waals surface area contributed by atoms with E-state index in [1.54, 1.807) is 0 Å². The molecule has 0 aromatic heterocycles. The summed E-state index contributed by atoms with van der Waals surface area (Å²) in [6.45, 7) is 0. The zero-order valence-corrected chi connectivity index (χ0v) is 4.85. The van der Waals surface area contributed by atoms with Crippen molar-refractivity contribution in [2.45, 2.75) is 0 Å². The van der Waals surface area contributed by atoms with Gasteiger partial charge in [0.25, 0.3) is 0 Å². The molecule has 0 radical (unpaired) electrons. The maximum atomic E-state index is 8.49. The summed E-state index contributed by atoms with van der Waals surface area (Å²) in [7, 11) is 1.00. The molecule has 0 amide bonds. The van der Waals surface area contributed by atoms with Crippen LogP contribution in [0.2, 0.25) is 0 Å². The van der Waals surface area contributed by atoms with Crippen LogP contribution in [-0.2, 0) is 25.3 Å². The van der Waals surface area contributed by atoms with Crippen molar-refractivity contribution in [3.05, 3.63) is 0 Å². The third-order valence-corrected chi connectivity index (χ3v) is 0. The average molecular weight is 259 g/mol. The van der Waals surface area contributed by atoms with Crippen LogP contribution in [0.1, 0.15) is 0 Å². The van der Waals surface area contributed by atoms with E-state index in [1.165, 1.54) is 0 Å². The summed E-state index contributed by atoms with van der Waals surface area (Å²) < 4.78 is 17.0. The summed E-state index contributed by atoms with van der Waals surface area (Å²) in [4.78, 5) is 0. The van der Waals surface area contributed by atoms with Gasteiger partial charge >= 0.3 is 25.3 Å². The van der Waals surface area contributed by atoms with E-state index in [-0.39, 0.29) is 0 Å². The van der Waals surface area contributed by atoms with Crippen molar-refractivity contribution in [1.82, 2.24) is 0 Å². The normalized spacial score (nSPS) is 5.20. The predicted molar refractivity (Wildman–Crippen MR) is 9.52 cm³/mol. The summed E-state index contributed by atoms with van der Waals surface area (Å²) in [5.74, 6) is 0. The maximum absolute atomic E-state index is 8.49. The minimum atomic E-state index is -1.92. The summed E-state index contributed by atoms with van der Waals surface area (Å²) in [5, 5.41) is 7.00. The van der Waals surface area contributed by atoms with E-state index >= 15 is 0 Å². The average Bonchev–Trinajstić information content (AvgIpc) is 1.46. The Labute approximate surface area is 38.1 Å². The van der Waals surface area contributed by atoms with Gasteiger partial charge in [-0.3, -0.25) is 0 Å². The van der Waals surface area contributed by atoms with E-state index < -0.39 is 18.5 Å². The standard InChI is InChI=1S/CH4O.2O.Pt/c1-2;;;/h2H,1H3;;;.